The zero-order valence-corrected chi connectivity index (χ0v) is 11.2. The van der Waals surface area contributed by atoms with E-state index < -0.39 is 17.5 Å². The molecule has 1 aromatic heterocycles. The van der Waals surface area contributed by atoms with Crippen LogP contribution in [0.1, 0.15) is 26.5 Å². The molecule has 1 amide bonds. The van der Waals surface area contributed by atoms with Crippen LogP contribution < -0.4 is 10.5 Å². The van der Waals surface area contributed by atoms with Crippen molar-refractivity contribution >= 4 is 25.2 Å². The highest BCUT2D eigenvalue weighted by Gasteiger charge is 2.23. The first-order valence-electron chi connectivity index (χ1n) is 5.51. The fourth-order valence-corrected chi connectivity index (χ4v) is 1.34. The predicted molar refractivity (Wildman–Crippen MR) is 69.0 cm³/mol. The van der Waals surface area contributed by atoms with Gasteiger partial charge in [0, 0.05) is 7.05 Å². The van der Waals surface area contributed by atoms with Gasteiger partial charge in [0.2, 0.25) is 0 Å². The van der Waals surface area contributed by atoms with Crippen molar-refractivity contribution in [1.29, 1.82) is 0 Å². The fraction of sp³-hybridized carbons (Fsp3) is 0.500. The second kappa shape index (κ2) is 4.96. The Morgan fingerprint density at radius 1 is 1.50 bits per heavy atom. The highest BCUT2D eigenvalue weighted by atomic mass is 19.1. The van der Waals surface area contributed by atoms with Crippen molar-refractivity contribution < 1.29 is 13.9 Å². The molecule has 0 unspecified atom stereocenters. The number of hydrogen-bond acceptors (Lipinski definition) is 3. The Hall–Kier alpha value is -1.59. The smallest absolute Gasteiger partial charge is 0.414 e. The first-order valence-corrected chi connectivity index (χ1v) is 5.51. The van der Waals surface area contributed by atoms with Gasteiger partial charge >= 0.3 is 6.09 Å². The van der Waals surface area contributed by atoms with Crippen LogP contribution >= 0.6 is 0 Å². The summed E-state index contributed by atoms with van der Waals surface area (Å²) < 4.78 is 19.0. The van der Waals surface area contributed by atoms with Crippen molar-refractivity contribution in [2.45, 2.75) is 33.3 Å². The molecule has 2 radical (unpaired) electrons. The van der Waals surface area contributed by atoms with E-state index in [2.05, 4.69) is 4.98 Å². The number of aromatic nitrogens is 1. The van der Waals surface area contributed by atoms with E-state index in [9.17, 15) is 9.18 Å². The SMILES string of the molecule is [B]c1cc(N(C)C(=O)OC(C)(C)C)c(F)c(C)n1. The van der Waals surface area contributed by atoms with Crippen LogP contribution in [-0.2, 0) is 4.74 Å². The maximum absolute atomic E-state index is 13.9. The number of ether oxygens (including phenoxy) is 1. The number of carbonyl (C=O) groups excluding carboxylic acids is 1. The van der Waals surface area contributed by atoms with Crippen molar-refractivity contribution in [3.63, 3.8) is 0 Å². The highest BCUT2D eigenvalue weighted by Crippen LogP contribution is 2.20. The predicted octanol–water partition coefficient (Wildman–Crippen LogP) is 1.69. The molecule has 0 bridgehead atoms. The molecule has 6 heteroatoms. The Morgan fingerprint density at radius 2 is 2.06 bits per heavy atom. The summed E-state index contributed by atoms with van der Waals surface area (Å²) in [6.45, 7) is 6.70. The molecule has 0 fully saturated rings. The molecule has 0 saturated heterocycles. The fourth-order valence-electron chi connectivity index (χ4n) is 1.34. The lowest BCUT2D eigenvalue weighted by Crippen LogP contribution is -2.35. The van der Waals surface area contributed by atoms with Crippen LogP contribution in [0.15, 0.2) is 6.07 Å². The van der Waals surface area contributed by atoms with Gasteiger partial charge in [-0.3, -0.25) is 9.88 Å². The largest absolute Gasteiger partial charge is 0.443 e. The Balaban J connectivity index is 3.04. The topological polar surface area (TPSA) is 42.4 Å². The van der Waals surface area contributed by atoms with Crippen molar-refractivity contribution in [2.75, 3.05) is 11.9 Å². The molecule has 0 aliphatic rings. The summed E-state index contributed by atoms with van der Waals surface area (Å²) in [5, 5.41) is 0. The average Bonchev–Trinajstić information content (AvgIpc) is 2.19. The number of anilines is 1. The monoisotopic (exact) mass is 250 g/mol. The van der Waals surface area contributed by atoms with Crippen molar-refractivity contribution in [3.05, 3.63) is 17.6 Å². The number of amides is 1. The van der Waals surface area contributed by atoms with Gasteiger partial charge in [0.05, 0.1) is 11.4 Å². The maximum Gasteiger partial charge on any atom is 0.414 e. The molecule has 0 atom stereocenters. The average molecular weight is 250 g/mol. The van der Waals surface area contributed by atoms with E-state index in [1.165, 1.54) is 20.0 Å². The van der Waals surface area contributed by atoms with E-state index in [1.807, 2.05) is 0 Å². The number of halogens is 1. The number of nitrogens with zero attached hydrogens (tertiary/aromatic N) is 2. The molecular weight excluding hydrogens is 234 g/mol. The third-order valence-electron chi connectivity index (χ3n) is 2.15. The van der Waals surface area contributed by atoms with E-state index in [1.54, 1.807) is 20.8 Å². The minimum absolute atomic E-state index is 0.0502. The van der Waals surface area contributed by atoms with Crippen LogP contribution in [-0.4, -0.2) is 31.6 Å². The first kappa shape index (κ1) is 14.5. The van der Waals surface area contributed by atoms with Crippen LogP contribution in [0.2, 0.25) is 0 Å². The molecule has 96 valence electrons. The summed E-state index contributed by atoms with van der Waals surface area (Å²) in [5.74, 6) is -0.586. The Bertz CT molecular complexity index is 472. The van der Waals surface area contributed by atoms with E-state index in [0.717, 1.165) is 4.90 Å². The molecule has 0 N–H and O–H groups in total. The van der Waals surface area contributed by atoms with Crippen molar-refractivity contribution in [1.82, 2.24) is 4.98 Å². The number of pyridine rings is 1. The summed E-state index contributed by atoms with van der Waals surface area (Å²) in [7, 11) is 6.96. The molecule has 1 heterocycles. The Morgan fingerprint density at radius 3 is 2.56 bits per heavy atom. The van der Waals surface area contributed by atoms with Crippen molar-refractivity contribution in [3.8, 4) is 0 Å². The van der Waals surface area contributed by atoms with Gasteiger partial charge in [-0.1, -0.05) is 0 Å². The lowest BCUT2D eigenvalue weighted by atomic mass is 10.0. The van der Waals surface area contributed by atoms with E-state index in [0.29, 0.717) is 0 Å². The van der Waals surface area contributed by atoms with Gasteiger partial charge in [-0.2, -0.15) is 0 Å². The molecule has 0 aliphatic carbocycles. The standard InChI is InChI=1S/C12H16BFN2O2/c1-7-10(14)8(6-9(13)15-7)16(5)11(17)18-12(2,3)4/h6H,1-5H3. The molecule has 1 aromatic rings. The summed E-state index contributed by atoms with van der Waals surface area (Å²) in [6.07, 6.45) is -0.647. The third kappa shape index (κ3) is 3.45. The number of hydrogen-bond donors (Lipinski definition) is 0. The van der Waals surface area contributed by atoms with Crippen LogP contribution in [0.3, 0.4) is 0 Å². The van der Waals surface area contributed by atoms with Gasteiger partial charge in [-0.15, -0.1) is 0 Å². The minimum Gasteiger partial charge on any atom is -0.443 e. The molecule has 0 aliphatic heterocycles. The molecule has 0 spiro atoms. The van der Waals surface area contributed by atoms with Crippen LogP contribution in [0, 0.1) is 12.7 Å². The van der Waals surface area contributed by atoms with Crippen LogP contribution in [0.4, 0.5) is 14.9 Å². The van der Waals surface area contributed by atoms with Gasteiger partial charge < -0.3 is 4.74 Å². The number of rotatable bonds is 1. The molecule has 1 rings (SSSR count). The van der Waals surface area contributed by atoms with Gasteiger partial charge in [0.15, 0.2) is 5.82 Å². The van der Waals surface area contributed by atoms with Crippen molar-refractivity contribution in [2.24, 2.45) is 0 Å². The van der Waals surface area contributed by atoms with Crippen LogP contribution in [0.25, 0.3) is 0 Å². The van der Waals surface area contributed by atoms with E-state index >= 15 is 0 Å². The summed E-state index contributed by atoms with van der Waals surface area (Å²) >= 11 is 0. The van der Waals surface area contributed by atoms with E-state index in [4.69, 9.17) is 12.6 Å². The molecule has 0 saturated carbocycles. The zero-order valence-electron chi connectivity index (χ0n) is 11.2. The minimum atomic E-state index is -0.647. The third-order valence-corrected chi connectivity index (χ3v) is 2.15. The van der Waals surface area contributed by atoms with Gasteiger partial charge in [0.25, 0.3) is 0 Å². The normalized spacial score (nSPS) is 11.2. The Kier molecular flexibility index (Phi) is 3.99. The quantitative estimate of drug-likeness (QED) is 0.712. The molecule has 0 aromatic carbocycles. The highest BCUT2D eigenvalue weighted by molar-refractivity contribution is 6.31. The second-order valence-electron chi connectivity index (χ2n) is 5.00. The lowest BCUT2D eigenvalue weighted by molar-refractivity contribution is 0.0588. The summed E-state index contributed by atoms with van der Waals surface area (Å²) in [6, 6.07) is 1.30. The van der Waals surface area contributed by atoms with Crippen LogP contribution in [0.5, 0.6) is 0 Å². The lowest BCUT2D eigenvalue weighted by Gasteiger charge is -2.25. The molecule has 4 nitrogen and oxygen atoms in total. The molecule has 18 heavy (non-hydrogen) atoms. The zero-order chi connectivity index (χ0) is 14.1. The number of aryl methyl sites for hydroxylation is 1. The van der Waals surface area contributed by atoms with E-state index in [-0.39, 0.29) is 17.0 Å². The maximum atomic E-state index is 13.9. The van der Waals surface area contributed by atoms with Gasteiger partial charge in [0.1, 0.15) is 13.4 Å². The van der Waals surface area contributed by atoms with Gasteiger partial charge in [-0.05, 0) is 39.4 Å². The van der Waals surface area contributed by atoms with Gasteiger partial charge in [-0.25, -0.2) is 9.18 Å². The molecular formula is C12H16BFN2O2. The first-order chi connectivity index (χ1) is 8.11. The second-order valence-corrected chi connectivity index (χ2v) is 5.00. The summed E-state index contributed by atoms with van der Waals surface area (Å²) in [4.78, 5) is 16.7. The Labute approximate surface area is 108 Å². The number of carbonyl (C=O) groups is 1. The summed E-state index contributed by atoms with van der Waals surface area (Å²) in [5.41, 5.74) is -0.302.